The summed E-state index contributed by atoms with van der Waals surface area (Å²) in [5.74, 6) is -0.624. The minimum Gasteiger partial charge on any atom is -0.478 e. The molecule has 0 radical (unpaired) electrons. The Hall–Kier alpha value is -3.49. The van der Waals surface area contributed by atoms with Crippen LogP contribution in [0.5, 0.6) is 0 Å². The molecule has 8 heteroatoms. The molecule has 0 aliphatic carbocycles. The summed E-state index contributed by atoms with van der Waals surface area (Å²) in [6.07, 6.45) is 0.444. The first-order valence-corrected chi connectivity index (χ1v) is 11.5. The molecule has 0 aliphatic rings. The number of sulfonamides is 1. The highest BCUT2D eigenvalue weighted by Gasteiger charge is 2.19. The standard InChI is InChI=1S/C24H22N2O5S/c1-15-12-19(14-20(16(15)2)24(27)28)32(29,30)25-11-10-17-8-9-22-21(13-17)26-23(31-22)18-6-4-3-5-7-18/h3-9,12-14,25H,10-11H2,1-2H3,(H,27,28). The number of carboxylic acid groups (broad SMARTS) is 1. The van der Waals surface area contributed by atoms with Crippen molar-refractivity contribution in [2.24, 2.45) is 0 Å². The quantitative estimate of drug-likeness (QED) is 0.434. The Morgan fingerprint density at radius 1 is 1.06 bits per heavy atom. The minimum absolute atomic E-state index is 0.0175. The van der Waals surface area contributed by atoms with E-state index in [2.05, 4.69) is 9.71 Å². The number of oxazole rings is 1. The highest BCUT2D eigenvalue weighted by atomic mass is 32.2. The second-order valence-corrected chi connectivity index (χ2v) is 9.32. The van der Waals surface area contributed by atoms with E-state index in [1.54, 1.807) is 13.8 Å². The Morgan fingerprint density at radius 3 is 2.53 bits per heavy atom. The van der Waals surface area contributed by atoms with Crippen molar-refractivity contribution in [2.45, 2.75) is 25.2 Å². The van der Waals surface area contributed by atoms with Crippen molar-refractivity contribution in [3.63, 3.8) is 0 Å². The first kappa shape index (κ1) is 21.7. The van der Waals surface area contributed by atoms with E-state index in [9.17, 15) is 18.3 Å². The topological polar surface area (TPSA) is 110 Å². The summed E-state index contributed by atoms with van der Waals surface area (Å²) in [4.78, 5) is 15.9. The second-order valence-electron chi connectivity index (χ2n) is 7.55. The predicted octanol–water partition coefficient (Wildman–Crippen LogP) is 4.33. The van der Waals surface area contributed by atoms with Crippen LogP contribution < -0.4 is 4.72 Å². The molecule has 0 fully saturated rings. The van der Waals surface area contributed by atoms with Gasteiger partial charge in [-0.15, -0.1) is 0 Å². The molecule has 0 amide bonds. The fraction of sp³-hybridized carbons (Fsp3) is 0.167. The smallest absolute Gasteiger partial charge is 0.336 e. The lowest BCUT2D eigenvalue weighted by molar-refractivity contribution is 0.0695. The van der Waals surface area contributed by atoms with Gasteiger partial charge in [0.05, 0.1) is 10.5 Å². The zero-order chi connectivity index (χ0) is 22.9. The van der Waals surface area contributed by atoms with Gasteiger partial charge >= 0.3 is 5.97 Å². The third-order valence-electron chi connectivity index (χ3n) is 5.36. The van der Waals surface area contributed by atoms with Gasteiger partial charge in [-0.2, -0.15) is 0 Å². The average molecular weight is 451 g/mol. The van der Waals surface area contributed by atoms with Gasteiger partial charge in [0, 0.05) is 12.1 Å². The molecule has 0 unspecified atom stereocenters. The summed E-state index contributed by atoms with van der Waals surface area (Å²) in [6, 6.07) is 17.8. The zero-order valence-corrected chi connectivity index (χ0v) is 18.4. The Morgan fingerprint density at radius 2 is 1.81 bits per heavy atom. The Kier molecular flexibility index (Phi) is 5.82. The van der Waals surface area contributed by atoms with Crippen molar-refractivity contribution in [2.75, 3.05) is 6.54 Å². The number of aromatic nitrogens is 1. The molecular formula is C24H22N2O5S. The van der Waals surface area contributed by atoms with Crippen molar-refractivity contribution in [1.29, 1.82) is 0 Å². The fourth-order valence-corrected chi connectivity index (χ4v) is 4.59. The number of rotatable bonds is 7. The first-order chi connectivity index (χ1) is 15.2. The lowest BCUT2D eigenvalue weighted by Gasteiger charge is -2.11. The van der Waals surface area contributed by atoms with Crippen LogP contribution in [0.1, 0.15) is 27.0 Å². The lowest BCUT2D eigenvalue weighted by atomic mass is 10.0. The molecule has 164 valence electrons. The van der Waals surface area contributed by atoms with E-state index in [1.165, 1.54) is 12.1 Å². The van der Waals surface area contributed by atoms with Crippen molar-refractivity contribution in [3.05, 3.63) is 82.9 Å². The van der Waals surface area contributed by atoms with Crippen LogP contribution in [-0.2, 0) is 16.4 Å². The third-order valence-corrected chi connectivity index (χ3v) is 6.80. The Labute approximate surface area is 185 Å². The maximum Gasteiger partial charge on any atom is 0.336 e. The lowest BCUT2D eigenvalue weighted by Crippen LogP contribution is -2.26. The van der Waals surface area contributed by atoms with Crippen LogP contribution >= 0.6 is 0 Å². The fourth-order valence-electron chi connectivity index (χ4n) is 3.45. The molecule has 2 N–H and O–H groups in total. The number of nitrogens with zero attached hydrogens (tertiary/aromatic N) is 1. The van der Waals surface area contributed by atoms with Gasteiger partial charge in [0.25, 0.3) is 0 Å². The predicted molar refractivity (Wildman–Crippen MR) is 121 cm³/mol. The number of hydrogen-bond acceptors (Lipinski definition) is 5. The summed E-state index contributed by atoms with van der Waals surface area (Å²) in [7, 11) is -3.85. The van der Waals surface area contributed by atoms with Crippen molar-refractivity contribution >= 4 is 27.1 Å². The zero-order valence-electron chi connectivity index (χ0n) is 17.6. The second kappa shape index (κ2) is 8.57. The van der Waals surface area contributed by atoms with Crippen molar-refractivity contribution in [1.82, 2.24) is 9.71 Å². The molecule has 1 heterocycles. The average Bonchev–Trinajstić information content (AvgIpc) is 3.19. The number of hydrogen-bond donors (Lipinski definition) is 2. The molecule has 32 heavy (non-hydrogen) atoms. The van der Waals surface area contributed by atoms with Crippen molar-refractivity contribution in [3.8, 4) is 11.5 Å². The molecule has 0 saturated carbocycles. The van der Waals surface area contributed by atoms with Crippen LogP contribution in [0.15, 0.2) is 70.0 Å². The van der Waals surface area contributed by atoms with Crippen LogP contribution in [0.4, 0.5) is 0 Å². The third kappa shape index (κ3) is 4.42. The summed E-state index contributed by atoms with van der Waals surface area (Å²) >= 11 is 0. The first-order valence-electron chi connectivity index (χ1n) is 10.0. The van der Waals surface area contributed by atoms with E-state index in [1.807, 2.05) is 48.5 Å². The van der Waals surface area contributed by atoms with Crippen LogP contribution in [-0.4, -0.2) is 31.0 Å². The van der Waals surface area contributed by atoms with E-state index < -0.39 is 16.0 Å². The Bertz CT molecular complexity index is 1410. The van der Waals surface area contributed by atoms with Gasteiger partial charge in [-0.05, 0) is 73.4 Å². The number of carbonyl (C=O) groups is 1. The number of fused-ring (bicyclic) bond motifs is 1. The molecule has 4 aromatic rings. The molecule has 0 bridgehead atoms. The highest BCUT2D eigenvalue weighted by molar-refractivity contribution is 7.89. The van der Waals surface area contributed by atoms with Gasteiger partial charge < -0.3 is 9.52 Å². The maximum absolute atomic E-state index is 12.7. The minimum atomic E-state index is -3.85. The van der Waals surface area contributed by atoms with E-state index in [0.29, 0.717) is 34.5 Å². The normalized spacial score (nSPS) is 11.7. The van der Waals surface area contributed by atoms with Gasteiger partial charge in [-0.3, -0.25) is 0 Å². The summed E-state index contributed by atoms with van der Waals surface area (Å²) in [5, 5.41) is 9.34. The molecular weight excluding hydrogens is 428 g/mol. The van der Waals surface area contributed by atoms with Crippen molar-refractivity contribution < 1.29 is 22.7 Å². The van der Waals surface area contributed by atoms with Gasteiger partial charge in [-0.1, -0.05) is 24.3 Å². The summed E-state index contributed by atoms with van der Waals surface area (Å²) < 4.78 is 33.8. The van der Waals surface area contributed by atoms with E-state index in [0.717, 1.165) is 11.1 Å². The van der Waals surface area contributed by atoms with Crippen LogP contribution in [0, 0.1) is 13.8 Å². The molecule has 0 aliphatic heterocycles. The van der Waals surface area contributed by atoms with Crippen LogP contribution in [0.2, 0.25) is 0 Å². The number of nitrogens with one attached hydrogen (secondary N) is 1. The summed E-state index contributed by atoms with van der Waals surface area (Å²) in [6.45, 7) is 3.51. The van der Waals surface area contributed by atoms with E-state index >= 15 is 0 Å². The molecule has 0 atom stereocenters. The van der Waals surface area contributed by atoms with Crippen LogP contribution in [0.25, 0.3) is 22.6 Å². The molecule has 4 rings (SSSR count). The van der Waals surface area contributed by atoms with Gasteiger partial charge in [0.2, 0.25) is 15.9 Å². The number of aromatic carboxylic acids is 1. The van der Waals surface area contributed by atoms with E-state index in [-0.39, 0.29) is 17.0 Å². The van der Waals surface area contributed by atoms with E-state index in [4.69, 9.17) is 4.42 Å². The largest absolute Gasteiger partial charge is 0.478 e. The highest BCUT2D eigenvalue weighted by Crippen LogP contribution is 2.25. The SMILES string of the molecule is Cc1cc(S(=O)(=O)NCCc2ccc3oc(-c4ccccc4)nc3c2)cc(C(=O)O)c1C. The monoisotopic (exact) mass is 450 g/mol. The molecule has 1 aromatic heterocycles. The maximum atomic E-state index is 12.7. The molecule has 0 spiro atoms. The number of benzene rings is 3. The number of carboxylic acids is 1. The van der Waals surface area contributed by atoms with Gasteiger partial charge in [-0.25, -0.2) is 22.9 Å². The molecule has 7 nitrogen and oxygen atoms in total. The molecule has 3 aromatic carbocycles. The van der Waals surface area contributed by atoms with Crippen LogP contribution in [0.3, 0.4) is 0 Å². The van der Waals surface area contributed by atoms with Gasteiger partial charge in [0.15, 0.2) is 5.58 Å². The van der Waals surface area contributed by atoms with Gasteiger partial charge in [0.1, 0.15) is 5.52 Å². The Balaban J connectivity index is 1.48. The molecule has 0 saturated heterocycles. The number of aryl methyl sites for hydroxylation is 1. The summed E-state index contributed by atoms with van der Waals surface area (Å²) in [5.41, 5.74) is 4.28.